The summed E-state index contributed by atoms with van der Waals surface area (Å²) in [6, 6.07) is 8.46. The SMILES string of the molecule is COC(=O)c1cc(CN2CCNCC2c2cccc(F)c2)oc1C.Cl. The zero-order valence-electron chi connectivity index (χ0n) is 14.3. The molecule has 7 heteroatoms. The molecule has 2 aromatic rings. The van der Waals surface area contributed by atoms with Gasteiger partial charge < -0.3 is 14.5 Å². The Labute approximate surface area is 152 Å². The lowest BCUT2D eigenvalue weighted by Gasteiger charge is -2.36. The fraction of sp³-hybridized carbons (Fsp3) is 0.389. The lowest BCUT2D eigenvalue weighted by molar-refractivity contribution is 0.0599. The fourth-order valence-corrected chi connectivity index (χ4v) is 3.11. The highest BCUT2D eigenvalue weighted by atomic mass is 35.5. The highest BCUT2D eigenvalue weighted by Crippen LogP contribution is 2.26. The molecule has 136 valence electrons. The predicted octanol–water partition coefficient (Wildman–Crippen LogP) is 3.08. The van der Waals surface area contributed by atoms with Gasteiger partial charge in [-0.2, -0.15) is 0 Å². The Bertz CT molecular complexity index is 735. The number of nitrogens with one attached hydrogen (secondary N) is 1. The van der Waals surface area contributed by atoms with Gasteiger partial charge in [0, 0.05) is 25.7 Å². The van der Waals surface area contributed by atoms with Gasteiger partial charge in [-0.05, 0) is 30.7 Å². The van der Waals surface area contributed by atoms with Crippen LogP contribution in [0.5, 0.6) is 0 Å². The smallest absolute Gasteiger partial charge is 0.341 e. The third kappa shape index (κ3) is 4.39. The number of rotatable bonds is 4. The molecule has 1 aromatic heterocycles. The largest absolute Gasteiger partial charge is 0.465 e. The van der Waals surface area contributed by atoms with Gasteiger partial charge in [0.05, 0.1) is 13.7 Å². The van der Waals surface area contributed by atoms with Crippen molar-refractivity contribution in [3.8, 4) is 0 Å². The summed E-state index contributed by atoms with van der Waals surface area (Å²) < 4.78 is 24.0. The van der Waals surface area contributed by atoms with Crippen molar-refractivity contribution in [2.24, 2.45) is 0 Å². The molecule has 3 rings (SSSR count). The molecule has 1 N–H and O–H groups in total. The Hall–Kier alpha value is -1.89. The highest BCUT2D eigenvalue weighted by Gasteiger charge is 2.26. The van der Waals surface area contributed by atoms with Gasteiger partial charge in [0.25, 0.3) is 0 Å². The summed E-state index contributed by atoms with van der Waals surface area (Å²) in [5, 5.41) is 3.34. The molecule has 2 heterocycles. The number of aryl methyl sites for hydroxylation is 1. The molecule has 1 aliphatic rings. The van der Waals surface area contributed by atoms with Crippen molar-refractivity contribution in [2.75, 3.05) is 26.7 Å². The van der Waals surface area contributed by atoms with E-state index in [1.54, 1.807) is 25.1 Å². The maximum Gasteiger partial charge on any atom is 0.341 e. The normalized spacial score (nSPS) is 17.8. The molecule has 0 saturated carbocycles. The molecule has 1 aliphatic heterocycles. The number of hydrogen-bond acceptors (Lipinski definition) is 5. The summed E-state index contributed by atoms with van der Waals surface area (Å²) >= 11 is 0. The predicted molar refractivity (Wildman–Crippen MR) is 94.5 cm³/mol. The van der Waals surface area contributed by atoms with Gasteiger partial charge in [0.2, 0.25) is 0 Å². The summed E-state index contributed by atoms with van der Waals surface area (Å²) in [6.45, 7) is 4.72. The van der Waals surface area contributed by atoms with E-state index in [1.807, 2.05) is 6.07 Å². The Morgan fingerprint density at radius 3 is 2.96 bits per heavy atom. The Morgan fingerprint density at radius 2 is 2.24 bits per heavy atom. The van der Waals surface area contributed by atoms with Gasteiger partial charge in [-0.1, -0.05) is 12.1 Å². The molecule has 1 fully saturated rings. The number of halogens is 2. The van der Waals surface area contributed by atoms with E-state index >= 15 is 0 Å². The number of piperazine rings is 1. The number of furan rings is 1. The minimum Gasteiger partial charge on any atom is -0.465 e. The molecular weight excluding hydrogens is 347 g/mol. The maximum absolute atomic E-state index is 13.6. The Kier molecular flexibility index (Phi) is 6.58. The van der Waals surface area contributed by atoms with E-state index in [0.29, 0.717) is 23.6 Å². The maximum atomic E-state index is 13.6. The molecule has 0 radical (unpaired) electrons. The summed E-state index contributed by atoms with van der Waals surface area (Å²) in [7, 11) is 1.35. The van der Waals surface area contributed by atoms with Gasteiger partial charge >= 0.3 is 5.97 Å². The van der Waals surface area contributed by atoms with E-state index < -0.39 is 5.97 Å². The van der Waals surface area contributed by atoms with Crippen molar-refractivity contribution in [3.63, 3.8) is 0 Å². The number of methoxy groups -OCH3 is 1. The number of carbonyl (C=O) groups is 1. The molecule has 0 bridgehead atoms. The van der Waals surface area contributed by atoms with Crippen LogP contribution in [0.3, 0.4) is 0 Å². The number of carbonyl (C=O) groups excluding carboxylic acids is 1. The number of hydrogen-bond donors (Lipinski definition) is 1. The van der Waals surface area contributed by atoms with Crippen molar-refractivity contribution in [1.82, 2.24) is 10.2 Å². The molecule has 0 spiro atoms. The van der Waals surface area contributed by atoms with Crippen molar-refractivity contribution >= 4 is 18.4 Å². The van der Waals surface area contributed by atoms with Crippen LogP contribution < -0.4 is 5.32 Å². The Balaban J connectivity index is 0.00000225. The molecule has 0 amide bonds. The second-order valence-electron chi connectivity index (χ2n) is 5.92. The van der Waals surface area contributed by atoms with Crippen molar-refractivity contribution in [3.05, 3.63) is 58.8 Å². The van der Waals surface area contributed by atoms with Gasteiger partial charge in [0.1, 0.15) is 22.9 Å². The quantitative estimate of drug-likeness (QED) is 0.840. The number of ether oxygens (including phenoxy) is 1. The highest BCUT2D eigenvalue weighted by molar-refractivity contribution is 5.90. The number of nitrogens with zero attached hydrogens (tertiary/aromatic N) is 1. The summed E-state index contributed by atoms with van der Waals surface area (Å²) in [5.74, 6) is 0.620. The lowest BCUT2D eigenvalue weighted by Crippen LogP contribution is -2.45. The topological polar surface area (TPSA) is 54.7 Å². The monoisotopic (exact) mass is 368 g/mol. The van der Waals surface area contributed by atoms with Gasteiger partial charge in [-0.15, -0.1) is 12.4 Å². The summed E-state index contributed by atoms with van der Waals surface area (Å²) in [6.07, 6.45) is 0. The van der Waals surface area contributed by atoms with Crippen LogP contribution in [0.25, 0.3) is 0 Å². The minimum atomic E-state index is -0.399. The van der Waals surface area contributed by atoms with Crippen LogP contribution >= 0.6 is 12.4 Å². The van der Waals surface area contributed by atoms with Gasteiger partial charge in [-0.3, -0.25) is 4.90 Å². The zero-order chi connectivity index (χ0) is 17.1. The Morgan fingerprint density at radius 1 is 1.44 bits per heavy atom. The molecular formula is C18H22ClFN2O3. The fourth-order valence-electron chi connectivity index (χ4n) is 3.11. The molecule has 1 aromatic carbocycles. The van der Waals surface area contributed by atoms with Crippen LogP contribution in [0.15, 0.2) is 34.7 Å². The minimum absolute atomic E-state index is 0. The molecule has 5 nitrogen and oxygen atoms in total. The summed E-state index contributed by atoms with van der Waals surface area (Å²) in [5.41, 5.74) is 1.38. The first-order chi connectivity index (χ1) is 11.6. The van der Waals surface area contributed by atoms with Gasteiger partial charge in [0.15, 0.2) is 0 Å². The van der Waals surface area contributed by atoms with Crippen LogP contribution in [-0.2, 0) is 11.3 Å². The first-order valence-corrected chi connectivity index (χ1v) is 7.96. The average molecular weight is 369 g/mol. The number of benzene rings is 1. The standard InChI is InChI=1S/C18H21FN2O3.ClH/c1-12-16(18(22)23-2)9-15(24-12)11-21-7-6-20-10-17(21)13-4-3-5-14(19)8-13;/h3-5,8-9,17,20H,6-7,10-11H2,1-2H3;1H. The van der Waals surface area contributed by atoms with Crippen LogP contribution in [-0.4, -0.2) is 37.6 Å². The molecule has 25 heavy (non-hydrogen) atoms. The van der Waals surface area contributed by atoms with E-state index in [4.69, 9.17) is 9.15 Å². The van der Waals surface area contributed by atoms with Crippen molar-refractivity contribution in [2.45, 2.75) is 19.5 Å². The molecule has 1 unspecified atom stereocenters. The van der Waals surface area contributed by atoms with E-state index in [9.17, 15) is 9.18 Å². The van der Waals surface area contributed by atoms with E-state index in [0.717, 1.165) is 25.2 Å². The molecule has 0 aliphatic carbocycles. The zero-order valence-corrected chi connectivity index (χ0v) is 15.1. The van der Waals surface area contributed by atoms with E-state index in [-0.39, 0.29) is 24.3 Å². The van der Waals surface area contributed by atoms with Crippen LogP contribution in [0, 0.1) is 12.7 Å². The second-order valence-corrected chi connectivity index (χ2v) is 5.92. The van der Waals surface area contributed by atoms with Crippen LogP contribution in [0.4, 0.5) is 4.39 Å². The lowest BCUT2D eigenvalue weighted by atomic mass is 10.0. The van der Waals surface area contributed by atoms with Gasteiger partial charge in [-0.25, -0.2) is 9.18 Å². The first-order valence-electron chi connectivity index (χ1n) is 7.96. The summed E-state index contributed by atoms with van der Waals surface area (Å²) in [4.78, 5) is 13.9. The van der Waals surface area contributed by atoms with Crippen molar-refractivity contribution < 1.29 is 18.3 Å². The first kappa shape index (κ1) is 19.4. The van der Waals surface area contributed by atoms with Crippen molar-refractivity contribution in [1.29, 1.82) is 0 Å². The molecule has 1 saturated heterocycles. The third-order valence-corrected chi connectivity index (χ3v) is 4.32. The van der Waals surface area contributed by atoms with Crippen LogP contribution in [0.1, 0.15) is 33.5 Å². The van der Waals surface area contributed by atoms with E-state index in [2.05, 4.69) is 10.2 Å². The second kappa shape index (κ2) is 8.47. The third-order valence-electron chi connectivity index (χ3n) is 4.32. The average Bonchev–Trinajstić information content (AvgIpc) is 2.95. The van der Waals surface area contributed by atoms with Crippen LogP contribution in [0.2, 0.25) is 0 Å². The molecule has 1 atom stereocenters. The number of esters is 1. The van der Waals surface area contributed by atoms with E-state index in [1.165, 1.54) is 13.2 Å².